The van der Waals surface area contributed by atoms with Crippen molar-refractivity contribution in [1.29, 1.82) is 0 Å². The van der Waals surface area contributed by atoms with Crippen LogP contribution in [0.5, 0.6) is 0 Å². The Hall–Kier alpha value is -2.44. The zero-order valence-corrected chi connectivity index (χ0v) is 21.9. The molecule has 1 fully saturated rings. The Morgan fingerprint density at radius 2 is 1.58 bits per heavy atom. The smallest absolute Gasteiger partial charge is 0.161 e. The lowest BCUT2D eigenvalue weighted by Crippen LogP contribution is -2.62. The lowest BCUT2D eigenvalue weighted by molar-refractivity contribution is -0.151. The molecule has 2 aromatic carbocycles. The van der Waals surface area contributed by atoms with Gasteiger partial charge in [0, 0.05) is 16.7 Å². The number of aliphatic hydroxyl groups excluding tert-OH is 1. The van der Waals surface area contributed by atoms with Crippen LogP contribution in [0.15, 0.2) is 100 Å². The molecule has 2 aromatic rings. The Bertz CT molecular complexity index is 1230. The van der Waals surface area contributed by atoms with Crippen molar-refractivity contribution in [3.05, 3.63) is 101 Å². The fourth-order valence-corrected chi connectivity index (χ4v) is 7.54. The molecule has 3 aliphatic rings. The van der Waals surface area contributed by atoms with Crippen LogP contribution in [0.3, 0.4) is 0 Å². The van der Waals surface area contributed by atoms with E-state index in [-0.39, 0.29) is 17.5 Å². The highest BCUT2D eigenvalue weighted by molar-refractivity contribution is 8.00. The Kier molecular flexibility index (Phi) is 6.86. The summed E-state index contributed by atoms with van der Waals surface area (Å²) in [5.74, 6) is -0.116. The van der Waals surface area contributed by atoms with E-state index in [0.717, 1.165) is 34.4 Å². The van der Waals surface area contributed by atoms with E-state index >= 15 is 0 Å². The standard InChI is InChI=1S/C31H34O4S/c1-20-25(32)18-31(34)29(33)24-17-11-10-16-23(24)27(35-19-21-12-6-4-7-13-21)28(26(20)30(31,2)3)36-22-14-8-5-9-15-22/h4-9,12-17,27-29,33-34H,10-11,18-19H2,1-3H3/t27-,28-,29+,31-/m1/s1. The maximum atomic E-state index is 13.3. The number of carbonyl (C=O) groups excluding carboxylic acids is 1. The largest absolute Gasteiger partial charge is 0.385 e. The number of rotatable bonds is 5. The van der Waals surface area contributed by atoms with Crippen molar-refractivity contribution < 1.29 is 19.7 Å². The zero-order chi connectivity index (χ0) is 25.5. The molecule has 0 unspecified atom stereocenters. The van der Waals surface area contributed by atoms with Gasteiger partial charge in [-0.25, -0.2) is 0 Å². The second kappa shape index (κ2) is 9.79. The summed E-state index contributed by atoms with van der Waals surface area (Å²) in [6.45, 7) is 6.20. The summed E-state index contributed by atoms with van der Waals surface area (Å²) in [6, 6.07) is 20.2. The fraction of sp³-hybridized carbons (Fsp3) is 0.387. The van der Waals surface area contributed by atoms with Crippen LogP contribution in [-0.2, 0) is 16.1 Å². The van der Waals surface area contributed by atoms with Gasteiger partial charge in [0.15, 0.2) is 5.78 Å². The number of ketones is 1. The van der Waals surface area contributed by atoms with Gasteiger partial charge in [-0.3, -0.25) is 4.79 Å². The quantitative estimate of drug-likeness (QED) is 0.541. The number of benzene rings is 2. The minimum Gasteiger partial charge on any atom is -0.385 e. The molecule has 2 bridgehead atoms. The van der Waals surface area contributed by atoms with E-state index < -0.39 is 23.2 Å². The van der Waals surface area contributed by atoms with E-state index in [1.807, 2.05) is 75.4 Å². The molecule has 5 heteroatoms. The van der Waals surface area contributed by atoms with Crippen LogP contribution in [0, 0.1) is 5.41 Å². The van der Waals surface area contributed by atoms with Crippen LogP contribution in [0.1, 0.15) is 45.6 Å². The topological polar surface area (TPSA) is 66.8 Å². The van der Waals surface area contributed by atoms with Gasteiger partial charge < -0.3 is 14.9 Å². The van der Waals surface area contributed by atoms with Crippen molar-refractivity contribution in [2.75, 3.05) is 0 Å². The van der Waals surface area contributed by atoms with Crippen molar-refractivity contribution in [1.82, 2.24) is 0 Å². The molecule has 5 rings (SSSR count). The van der Waals surface area contributed by atoms with E-state index in [9.17, 15) is 15.0 Å². The second-order valence-corrected chi connectivity index (χ2v) is 11.8. The molecule has 0 heterocycles. The molecule has 0 aromatic heterocycles. The Labute approximate surface area is 217 Å². The third kappa shape index (κ3) is 4.22. The number of thioether (sulfide) groups is 1. The van der Waals surface area contributed by atoms with E-state index in [0.29, 0.717) is 17.8 Å². The average Bonchev–Trinajstić information content (AvgIpc) is 2.88. The van der Waals surface area contributed by atoms with Gasteiger partial charge in [0.1, 0.15) is 11.7 Å². The third-order valence-corrected chi connectivity index (χ3v) is 9.41. The minimum absolute atomic E-state index is 0.0978. The van der Waals surface area contributed by atoms with Crippen LogP contribution in [-0.4, -0.2) is 39.1 Å². The first-order valence-electron chi connectivity index (χ1n) is 12.7. The van der Waals surface area contributed by atoms with Crippen LogP contribution in [0.4, 0.5) is 0 Å². The molecular formula is C31H34O4S. The van der Waals surface area contributed by atoms with Crippen LogP contribution in [0.25, 0.3) is 0 Å². The molecule has 3 aliphatic carbocycles. The van der Waals surface area contributed by atoms with Crippen molar-refractivity contribution in [3.8, 4) is 0 Å². The predicted octanol–water partition coefficient (Wildman–Crippen LogP) is 5.80. The normalized spacial score (nSPS) is 29.6. The number of hydrogen-bond acceptors (Lipinski definition) is 5. The molecule has 0 saturated heterocycles. The number of aliphatic hydroxyl groups is 2. The van der Waals surface area contributed by atoms with Gasteiger partial charge in [-0.2, -0.15) is 0 Å². The molecule has 0 aliphatic heterocycles. The van der Waals surface area contributed by atoms with Crippen molar-refractivity contribution in [3.63, 3.8) is 0 Å². The molecule has 4 atom stereocenters. The van der Waals surface area contributed by atoms with Crippen molar-refractivity contribution >= 4 is 17.5 Å². The maximum Gasteiger partial charge on any atom is 0.161 e. The second-order valence-electron chi connectivity index (χ2n) is 10.6. The molecule has 4 nitrogen and oxygen atoms in total. The molecule has 36 heavy (non-hydrogen) atoms. The van der Waals surface area contributed by atoms with Gasteiger partial charge in [0.25, 0.3) is 0 Å². The van der Waals surface area contributed by atoms with Crippen molar-refractivity contribution in [2.24, 2.45) is 5.41 Å². The van der Waals surface area contributed by atoms with Gasteiger partial charge in [-0.1, -0.05) is 74.5 Å². The molecule has 1 saturated carbocycles. The lowest BCUT2D eigenvalue weighted by atomic mass is 9.55. The van der Waals surface area contributed by atoms with E-state index in [2.05, 4.69) is 18.2 Å². The molecule has 0 spiro atoms. The van der Waals surface area contributed by atoms with E-state index in [1.165, 1.54) is 0 Å². The summed E-state index contributed by atoms with van der Waals surface area (Å²) in [4.78, 5) is 14.4. The van der Waals surface area contributed by atoms with Gasteiger partial charge in [-0.05, 0) is 59.8 Å². The first kappa shape index (κ1) is 25.2. The SMILES string of the molecule is CC1=C2[C@@H](Sc3ccccc3)[C@H](OCc3ccccc3)C3=CCCC=C3[C@H](O)[C@](O)(CC1=O)C2(C)C. The molecule has 0 radical (unpaired) electrons. The van der Waals surface area contributed by atoms with E-state index in [4.69, 9.17) is 4.74 Å². The summed E-state index contributed by atoms with van der Waals surface area (Å²) in [7, 11) is 0. The molecule has 188 valence electrons. The summed E-state index contributed by atoms with van der Waals surface area (Å²) >= 11 is 1.67. The number of ether oxygens (including phenoxy) is 1. The Morgan fingerprint density at radius 3 is 2.25 bits per heavy atom. The number of hydrogen-bond donors (Lipinski definition) is 2. The highest BCUT2D eigenvalue weighted by Crippen LogP contribution is 2.57. The number of allylic oxidation sites excluding steroid dienone is 3. The van der Waals surface area contributed by atoms with E-state index in [1.54, 1.807) is 11.8 Å². The van der Waals surface area contributed by atoms with Gasteiger partial charge in [0.2, 0.25) is 0 Å². The third-order valence-electron chi connectivity index (χ3n) is 8.13. The summed E-state index contributed by atoms with van der Waals surface area (Å²) in [6.07, 6.45) is 4.12. The first-order chi connectivity index (χ1) is 17.2. The Balaban J connectivity index is 1.71. The van der Waals surface area contributed by atoms with Gasteiger partial charge in [-0.15, -0.1) is 11.8 Å². The van der Waals surface area contributed by atoms with Gasteiger partial charge in [0.05, 0.1) is 18.0 Å². The molecule has 0 amide bonds. The Morgan fingerprint density at radius 1 is 0.972 bits per heavy atom. The molecular weight excluding hydrogens is 468 g/mol. The van der Waals surface area contributed by atoms with Crippen LogP contribution < -0.4 is 0 Å². The first-order valence-corrected chi connectivity index (χ1v) is 13.5. The highest BCUT2D eigenvalue weighted by Gasteiger charge is 2.60. The highest BCUT2D eigenvalue weighted by atomic mass is 32.2. The summed E-state index contributed by atoms with van der Waals surface area (Å²) < 4.78 is 6.74. The number of Topliss-reactive ketones (excluding diaryl/α,β-unsaturated/α-hetero) is 1. The van der Waals surface area contributed by atoms with Crippen molar-refractivity contribution in [2.45, 2.75) is 74.6 Å². The predicted molar refractivity (Wildman–Crippen MR) is 144 cm³/mol. The zero-order valence-electron chi connectivity index (χ0n) is 21.1. The number of carbonyl (C=O) groups is 1. The maximum absolute atomic E-state index is 13.3. The van der Waals surface area contributed by atoms with Crippen LogP contribution in [0.2, 0.25) is 0 Å². The molecule has 2 N–H and O–H groups in total. The minimum atomic E-state index is -1.61. The van der Waals surface area contributed by atoms with Crippen LogP contribution >= 0.6 is 11.8 Å². The fourth-order valence-electron chi connectivity index (χ4n) is 6.00. The lowest BCUT2D eigenvalue weighted by Gasteiger charge is -2.55. The average molecular weight is 503 g/mol. The number of fused-ring (bicyclic) bond motifs is 3. The monoisotopic (exact) mass is 502 g/mol. The summed E-state index contributed by atoms with van der Waals surface area (Å²) in [5.41, 5.74) is 1.74. The summed E-state index contributed by atoms with van der Waals surface area (Å²) in [5, 5.41) is 23.5. The van der Waals surface area contributed by atoms with Gasteiger partial charge >= 0.3 is 0 Å².